The molecule has 0 aliphatic carbocycles. The van der Waals surface area contributed by atoms with Gasteiger partial charge in [0.2, 0.25) is 5.91 Å². The highest BCUT2D eigenvalue weighted by molar-refractivity contribution is 5.75. The smallest absolute Gasteiger partial charge is 0.231 e. The summed E-state index contributed by atoms with van der Waals surface area (Å²) in [5.74, 6) is -0.308. The molecule has 1 amide bonds. The third kappa shape index (κ3) is 4.88. The van der Waals surface area contributed by atoms with Crippen molar-refractivity contribution in [1.29, 1.82) is 0 Å². The van der Waals surface area contributed by atoms with Crippen LogP contribution in [-0.4, -0.2) is 66.6 Å². The molecule has 1 aromatic heterocycles. The average Bonchev–Trinajstić information content (AvgIpc) is 2.39. The van der Waals surface area contributed by atoms with Crippen LogP contribution in [0, 0.1) is 0 Å². The van der Waals surface area contributed by atoms with Crippen molar-refractivity contribution in [3.8, 4) is 0 Å². The SMILES string of the molecule is CN(CC(N)=O)C[C@H]1CN(Cc2ccncc2)CCO1. The summed E-state index contributed by atoms with van der Waals surface area (Å²) in [6, 6.07) is 4.06. The predicted octanol–water partition coefficient (Wildman–Crippen LogP) is -0.300. The standard InChI is InChI=1S/C14H22N4O2/c1-17(11-14(15)19)9-13-10-18(6-7-20-13)8-12-2-4-16-5-3-12/h2-5,13H,6-11H2,1H3,(H2,15,19)/t13-/m0/s1. The lowest BCUT2D eigenvalue weighted by Crippen LogP contribution is -2.47. The topological polar surface area (TPSA) is 71.7 Å². The van der Waals surface area contributed by atoms with E-state index in [-0.39, 0.29) is 18.6 Å². The van der Waals surface area contributed by atoms with Crippen molar-refractivity contribution in [2.75, 3.05) is 39.8 Å². The van der Waals surface area contributed by atoms with Gasteiger partial charge in [-0.05, 0) is 24.7 Å². The number of likely N-dealkylation sites (N-methyl/N-ethyl adjacent to an activating group) is 1. The van der Waals surface area contributed by atoms with Crippen LogP contribution in [0.4, 0.5) is 0 Å². The van der Waals surface area contributed by atoms with E-state index in [1.807, 2.05) is 36.5 Å². The first-order valence-corrected chi connectivity index (χ1v) is 6.83. The second-order valence-corrected chi connectivity index (χ2v) is 5.25. The number of carbonyl (C=O) groups is 1. The van der Waals surface area contributed by atoms with Crippen LogP contribution < -0.4 is 5.73 Å². The number of hydrogen-bond acceptors (Lipinski definition) is 5. The number of primary amides is 1. The van der Waals surface area contributed by atoms with E-state index in [2.05, 4.69) is 9.88 Å². The van der Waals surface area contributed by atoms with Crippen LogP contribution in [0.3, 0.4) is 0 Å². The van der Waals surface area contributed by atoms with Gasteiger partial charge in [0, 0.05) is 38.6 Å². The van der Waals surface area contributed by atoms with Crippen molar-refractivity contribution in [1.82, 2.24) is 14.8 Å². The first kappa shape index (κ1) is 14.9. The van der Waals surface area contributed by atoms with Crippen LogP contribution in [0.25, 0.3) is 0 Å². The normalized spacial score (nSPS) is 20.2. The van der Waals surface area contributed by atoms with Crippen molar-refractivity contribution in [2.24, 2.45) is 5.73 Å². The number of amides is 1. The van der Waals surface area contributed by atoms with E-state index >= 15 is 0 Å². The molecule has 2 heterocycles. The Balaban J connectivity index is 1.81. The molecule has 0 radical (unpaired) electrons. The summed E-state index contributed by atoms with van der Waals surface area (Å²) < 4.78 is 5.75. The number of pyridine rings is 1. The van der Waals surface area contributed by atoms with Crippen LogP contribution in [0.15, 0.2) is 24.5 Å². The lowest BCUT2D eigenvalue weighted by atomic mass is 10.2. The number of nitrogens with zero attached hydrogens (tertiary/aromatic N) is 3. The molecule has 1 aromatic rings. The second-order valence-electron chi connectivity index (χ2n) is 5.25. The molecule has 1 saturated heterocycles. The summed E-state index contributed by atoms with van der Waals surface area (Å²) in [6.07, 6.45) is 3.75. The van der Waals surface area contributed by atoms with Crippen LogP contribution in [0.2, 0.25) is 0 Å². The molecule has 1 aliphatic rings. The molecule has 0 aromatic carbocycles. The molecule has 2 rings (SSSR count). The molecule has 1 atom stereocenters. The van der Waals surface area contributed by atoms with Gasteiger partial charge >= 0.3 is 0 Å². The number of carbonyl (C=O) groups excluding carboxylic acids is 1. The van der Waals surface area contributed by atoms with E-state index in [1.165, 1.54) is 5.56 Å². The molecule has 0 bridgehead atoms. The molecule has 1 aliphatic heterocycles. The Hall–Kier alpha value is -1.50. The minimum Gasteiger partial charge on any atom is -0.374 e. The maximum absolute atomic E-state index is 10.9. The van der Waals surface area contributed by atoms with Gasteiger partial charge in [0.05, 0.1) is 19.3 Å². The van der Waals surface area contributed by atoms with Gasteiger partial charge in [-0.3, -0.25) is 19.6 Å². The number of aromatic nitrogens is 1. The van der Waals surface area contributed by atoms with Crippen LogP contribution in [0.1, 0.15) is 5.56 Å². The fourth-order valence-corrected chi connectivity index (χ4v) is 2.46. The lowest BCUT2D eigenvalue weighted by Gasteiger charge is -2.34. The number of ether oxygens (including phenoxy) is 1. The fourth-order valence-electron chi connectivity index (χ4n) is 2.46. The average molecular weight is 278 g/mol. The first-order valence-electron chi connectivity index (χ1n) is 6.83. The fraction of sp³-hybridized carbons (Fsp3) is 0.571. The molecular formula is C14H22N4O2. The molecule has 6 nitrogen and oxygen atoms in total. The minimum atomic E-state index is -0.308. The first-order chi connectivity index (χ1) is 9.63. The molecule has 0 saturated carbocycles. The van der Waals surface area contributed by atoms with Crippen LogP contribution in [0.5, 0.6) is 0 Å². The van der Waals surface area contributed by atoms with E-state index in [1.54, 1.807) is 0 Å². The molecule has 6 heteroatoms. The van der Waals surface area contributed by atoms with E-state index in [0.29, 0.717) is 0 Å². The van der Waals surface area contributed by atoms with E-state index in [0.717, 1.165) is 32.8 Å². The van der Waals surface area contributed by atoms with E-state index < -0.39 is 0 Å². The Morgan fingerprint density at radius 1 is 1.55 bits per heavy atom. The van der Waals surface area contributed by atoms with Gasteiger partial charge in [0.15, 0.2) is 0 Å². The summed E-state index contributed by atoms with van der Waals surface area (Å²) in [5, 5.41) is 0. The number of rotatable bonds is 6. The third-order valence-corrected chi connectivity index (χ3v) is 3.32. The monoisotopic (exact) mass is 278 g/mol. The zero-order valence-electron chi connectivity index (χ0n) is 11.9. The van der Waals surface area contributed by atoms with Crippen molar-refractivity contribution < 1.29 is 9.53 Å². The summed E-state index contributed by atoms with van der Waals surface area (Å²) >= 11 is 0. The zero-order chi connectivity index (χ0) is 14.4. The summed E-state index contributed by atoms with van der Waals surface area (Å²) in [5.41, 5.74) is 6.45. The van der Waals surface area contributed by atoms with E-state index in [4.69, 9.17) is 10.5 Å². The lowest BCUT2D eigenvalue weighted by molar-refractivity contribution is -0.119. The van der Waals surface area contributed by atoms with E-state index in [9.17, 15) is 4.79 Å². The third-order valence-electron chi connectivity index (χ3n) is 3.32. The molecule has 2 N–H and O–H groups in total. The highest BCUT2D eigenvalue weighted by Crippen LogP contribution is 2.10. The number of hydrogen-bond donors (Lipinski definition) is 1. The van der Waals surface area contributed by atoms with Crippen molar-refractivity contribution in [3.63, 3.8) is 0 Å². The summed E-state index contributed by atoms with van der Waals surface area (Å²) in [7, 11) is 1.88. The van der Waals surface area contributed by atoms with Crippen LogP contribution in [-0.2, 0) is 16.1 Å². The summed E-state index contributed by atoms with van der Waals surface area (Å²) in [4.78, 5) is 19.2. The molecule has 0 unspecified atom stereocenters. The second kappa shape index (κ2) is 7.33. The quantitative estimate of drug-likeness (QED) is 0.773. The Morgan fingerprint density at radius 3 is 3.00 bits per heavy atom. The van der Waals surface area contributed by atoms with Gasteiger partial charge in [0.25, 0.3) is 0 Å². The number of nitrogens with two attached hydrogens (primary N) is 1. The Labute approximate surface area is 119 Å². The maximum Gasteiger partial charge on any atom is 0.231 e. The van der Waals surface area contributed by atoms with Gasteiger partial charge < -0.3 is 10.5 Å². The maximum atomic E-state index is 10.9. The minimum absolute atomic E-state index is 0.120. The van der Waals surface area contributed by atoms with Crippen molar-refractivity contribution in [2.45, 2.75) is 12.6 Å². The van der Waals surface area contributed by atoms with Gasteiger partial charge in [-0.1, -0.05) is 0 Å². The zero-order valence-corrected chi connectivity index (χ0v) is 11.9. The molecular weight excluding hydrogens is 256 g/mol. The van der Waals surface area contributed by atoms with Gasteiger partial charge in [-0.15, -0.1) is 0 Å². The molecule has 1 fully saturated rings. The Kier molecular flexibility index (Phi) is 5.46. The Bertz CT molecular complexity index is 426. The predicted molar refractivity (Wildman–Crippen MR) is 75.9 cm³/mol. The van der Waals surface area contributed by atoms with Gasteiger partial charge in [-0.25, -0.2) is 0 Å². The molecule has 20 heavy (non-hydrogen) atoms. The van der Waals surface area contributed by atoms with Crippen molar-refractivity contribution in [3.05, 3.63) is 30.1 Å². The molecule has 0 spiro atoms. The van der Waals surface area contributed by atoms with Crippen LogP contribution >= 0.6 is 0 Å². The molecule has 110 valence electrons. The van der Waals surface area contributed by atoms with Gasteiger partial charge in [-0.2, -0.15) is 0 Å². The largest absolute Gasteiger partial charge is 0.374 e. The highest BCUT2D eigenvalue weighted by atomic mass is 16.5. The van der Waals surface area contributed by atoms with Gasteiger partial charge in [0.1, 0.15) is 0 Å². The number of morpholine rings is 1. The summed E-state index contributed by atoms with van der Waals surface area (Å²) in [6.45, 7) is 4.41. The highest BCUT2D eigenvalue weighted by Gasteiger charge is 2.22. The Morgan fingerprint density at radius 2 is 2.30 bits per heavy atom. The van der Waals surface area contributed by atoms with Crippen molar-refractivity contribution >= 4 is 5.91 Å².